The molecule has 0 aromatic carbocycles. The highest BCUT2D eigenvalue weighted by molar-refractivity contribution is 5.71. The molecule has 0 bridgehead atoms. The molecule has 1 aliphatic heterocycles. The SMILES string of the molecule is CC(=O)O.FC(F)(F)c1cnc2c(c1)NC(c1cnc(-c3ccc(OC4CCCCC4)nc3)cn1)N2. The molecule has 1 atom stereocenters. The number of fused-ring (bicyclic) bond motifs is 1. The zero-order valence-electron chi connectivity index (χ0n) is 19.4. The lowest BCUT2D eigenvalue weighted by molar-refractivity contribution is -0.138. The number of carboxylic acids is 1. The van der Waals surface area contributed by atoms with Crippen molar-refractivity contribution in [3.8, 4) is 17.1 Å². The predicted octanol–water partition coefficient (Wildman–Crippen LogP) is 5.29. The standard InChI is InChI=1S/C22H21F3N6O.C2H4O2/c23-22(24,25)14-8-16-20(29-10-14)31-21(30-16)18-12-26-17(11-27-18)13-6-7-19(28-9-13)32-15-4-2-1-3-5-15;1-2(3)4/h6-12,15,21,30H,1-5H2,(H,29,31);1H3,(H,3,4). The first kappa shape index (κ1) is 25.1. The third-order valence-corrected chi connectivity index (χ3v) is 5.64. The normalized spacial score (nSPS) is 17.2. The van der Waals surface area contributed by atoms with Gasteiger partial charge in [0.15, 0.2) is 5.82 Å². The molecule has 1 saturated carbocycles. The fraction of sp³-hybridized carbons (Fsp3) is 0.375. The van der Waals surface area contributed by atoms with E-state index < -0.39 is 23.9 Å². The number of anilines is 2. The number of hydrogen-bond donors (Lipinski definition) is 3. The Morgan fingerprint density at radius 1 is 1.00 bits per heavy atom. The maximum atomic E-state index is 12.9. The summed E-state index contributed by atoms with van der Waals surface area (Å²) in [6.45, 7) is 1.08. The van der Waals surface area contributed by atoms with E-state index in [9.17, 15) is 13.2 Å². The van der Waals surface area contributed by atoms with Gasteiger partial charge in [-0.1, -0.05) is 6.42 Å². The lowest BCUT2D eigenvalue weighted by atomic mass is 9.98. The number of halogens is 3. The quantitative estimate of drug-likeness (QED) is 0.437. The molecule has 1 unspecified atom stereocenters. The average molecular weight is 502 g/mol. The number of carboxylic acid groups (broad SMARTS) is 1. The van der Waals surface area contributed by atoms with Gasteiger partial charge in [-0.05, 0) is 37.8 Å². The van der Waals surface area contributed by atoms with E-state index >= 15 is 0 Å². The summed E-state index contributed by atoms with van der Waals surface area (Å²) in [6, 6.07) is 4.75. The molecule has 3 N–H and O–H groups in total. The minimum absolute atomic E-state index is 0.235. The van der Waals surface area contributed by atoms with Crippen LogP contribution in [0.4, 0.5) is 24.7 Å². The van der Waals surface area contributed by atoms with Gasteiger partial charge in [0.05, 0.1) is 29.3 Å². The van der Waals surface area contributed by atoms with Crippen molar-refractivity contribution in [3.63, 3.8) is 0 Å². The third-order valence-electron chi connectivity index (χ3n) is 5.64. The summed E-state index contributed by atoms with van der Waals surface area (Å²) in [7, 11) is 0. The van der Waals surface area contributed by atoms with Crippen LogP contribution in [-0.4, -0.2) is 37.1 Å². The largest absolute Gasteiger partial charge is 0.481 e. The van der Waals surface area contributed by atoms with Gasteiger partial charge in [0, 0.05) is 30.9 Å². The molecule has 1 fully saturated rings. The van der Waals surface area contributed by atoms with Gasteiger partial charge in [-0.2, -0.15) is 13.2 Å². The number of alkyl halides is 3. The summed E-state index contributed by atoms with van der Waals surface area (Å²) in [6.07, 6.45) is 6.74. The molecule has 0 saturated heterocycles. The molecule has 12 heteroatoms. The highest BCUT2D eigenvalue weighted by Crippen LogP contribution is 2.37. The van der Waals surface area contributed by atoms with E-state index in [1.807, 2.05) is 12.1 Å². The van der Waals surface area contributed by atoms with Crippen molar-refractivity contribution in [3.05, 3.63) is 54.2 Å². The Balaban J connectivity index is 0.000000709. The molecular formula is C24H25F3N6O3. The number of aromatic nitrogens is 4. The van der Waals surface area contributed by atoms with Crippen LogP contribution in [0.5, 0.6) is 5.88 Å². The van der Waals surface area contributed by atoms with Crippen LogP contribution in [0.25, 0.3) is 11.3 Å². The first-order valence-electron chi connectivity index (χ1n) is 11.4. The predicted molar refractivity (Wildman–Crippen MR) is 125 cm³/mol. The molecular weight excluding hydrogens is 477 g/mol. The highest BCUT2D eigenvalue weighted by Gasteiger charge is 2.33. The average Bonchev–Trinajstić information content (AvgIpc) is 3.28. The zero-order valence-corrected chi connectivity index (χ0v) is 19.4. The molecule has 3 aromatic heterocycles. The Bertz CT molecular complexity index is 1180. The molecule has 190 valence electrons. The number of pyridine rings is 2. The second kappa shape index (κ2) is 10.8. The summed E-state index contributed by atoms with van der Waals surface area (Å²) in [4.78, 5) is 26.1. The lowest BCUT2D eigenvalue weighted by Gasteiger charge is -2.22. The van der Waals surface area contributed by atoms with Crippen molar-refractivity contribution in [2.24, 2.45) is 0 Å². The number of nitrogens with zero attached hydrogens (tertiary/aromatic N) is 4. The number of carbonyl (C=O) groups is 1. The van der Waals surface area contributed by atoms with Gasteiger partial charge in [0.25, 0.3) is 5.97 Å². The fourth-order valence-electron chi connectivity index (χ4n) is 3.91. The van der Waals surface area contributed by atoms with E-state index in [0.717, 1.165) is 37.6 Å². The maximum Gasteiger partial charge on any atom is 0.417 e. The van der Waals surface area contributed by atoms with E-state index in [4.69, 9.17) is 14.6 Å². The number of rotatable bonds is 4. The molecule has 0 radical (unpaired) electrons. The number of hydrogen-bond acceptors (Lipinski definition) is 8. The first-order chi connectivity index (χ1) is 17.2. The number of ether oxygens (including phenoxy) is 1. The van der Waals surface area contributed by atoms with Gasteiger partial charge in [-0.3, -0.25) is 14.8 Å². The summed E-state index contributed by atoms with van der Waals surface area (Å²) in [5.74, 6) is 0.111. The smallest absolute Gasteiger partial charge is 0.417 e. The van der Waals surface area contributed by atoms with Gasteiger partial charge in [0.1, 0.15) is 18.0 Å². The topological polar surface area (TPSA) is 122 Å². The van der Waals surface area contributed by atoms with E-state index in [2.05, 4.69) is 30.6 Å². The van der Waals surface area contributed by atoms with Gasteiger partial charge in [0.2, 0.25) is 5.88 Å². The van der Waals surface area contributed by atoms with Gasteiger partial charge < -0.3 is 20.5 Å². The van der Waals surface area contributed by atoms with Crippen LogP contribution < -0.4 is 15.4 Å². The maximum absolute atomic E-state index is 12.9. The molecule has 36 heavy (non-hydrogen) atoms. The summed E-state index contributed by atoms with van der Waals surface area (Å²) in [5.41, 5.74) is 1.43. The van der Waals surface area contributed by atoms with Crippen LogP contribution in [0.3, 0.4) is 0 Å². The number of aliphatic carboxylic acids is 1. The zero-order chi connectivity index (χ0) is 25.7. The Morgan fingerprint density at radius 3 is 2.36 bits per heavy atom. The third kappa shape index (κ3) is 6.37. The number of nitrogens with one attached hydrogen (secondary N) is 2. The van der Waals surface area contributed by atoms with E-state index in [1.165, 1.54) is 19.3 Å². The van der Waals surface area contributed by atoms with Crippen LogP contribution in [-0.2, 0) is 11.0 Å². The summed E-state index contributed by atoms with van der Waals surface area (Å²) in [5, 5.41) is 13.4. The second-order valence-corrected chi connectivity index (χ2v) is 8.45. The van der Waals surface area contributed by atoms with Gasteiger partial charge >= 0.3 is 6.18 Å². The van der Waals surface area contributed by atoms with Crippen LogP contribution >= 0.6 is 0 Å². The van der Waals surface area contributed by atoms with Crippen molar-refractivity contribution in [1.82, 2.24) is 19.9 Å². The molecule has 1 aliphatic carbocycles. The van der Waals surface area contributed by atoms with Gasteiger partial charge in [-0.15, -0.1) is 0 Å². The molecule has 0 amide bonds. The lowest BCUT2D eigenvalue weighted by Crippen LogP contribution is -2.20. The van der Waals surface area contributed by atoms with Crippen LogP contribution in [0.2, 0.25) is 0 Å². The van der Waals surface area contributed by atoms with Crippen molar-refractivity contribution in [1.29, 1.82) is 0 Å². The molecule has 4 heterocycles. The van der Waals surface area contributed by atoms with Crippen LogP contribution in [0, 0.1) is 0 Å². The van der Waals surface area contributed by atoms with Gasteiger partial charge in [-0.25, -0.2) is 9.97 Å². The van der Waals surface area contributed by atoms with Crippen molar-refractivity contribution in [2.45, 2.75) is 57.5 Å². The monoisotopic (exact) mass is 502 g/mol. The highest BCUT2D eigenvalue weighted by atomic mass is 19.4. The summed E-state index contributed by atoms with van der Waals surface area (Å²) < 4.78 is 44.7. The molecule has 0 spiro atoms. The van der Waals surface area contributed by atoms with Crippen molar-refractivity contribution in [2.75, 3.05) is 10.6 Å². The molecule has 2 aliphatic rings. The molecule has 5 rings (SSSR count). The van der Waals surface area contributed by atoms with Crippen LogP contribution in [0.1, 0.15) is 56.5 Å². The Hall–Kier alpha value is -3.96. The minimum atomic E-state index is -4.45. The Kier molecular flexibility index (Phi) is 7.51. The first-order valence-corrected chi connectivity index (χ1v) is 11.4. The second-order valence-electron chi connectivity index (χ2n) is 8.45. The van der Waals surface area contributed by atoms with E-state index in [-0.39, 0.29) is 11.8 Å². The van der Waals surface area contributed by atoms with E-state index in [0.29, 0.717) is 23.1 Å². The van der Waals surface area contributed by atoms with Crippen molar-refractivity contribution >= 4 is 17.5 Å². The Morgan fingerprint density at radius 2 is 1.75 bits per heavy atom. The minimum Gasteiger partial charge on any atom is -0.481 e. The molecule has 9 nitrogen and oxygen atoms in total. The fourth-order valence-corrected chi connectivity index (χ4v) is 3.91. The Labute approximate surface area is 205 Å². The molecule has 3 aromatic rings. The van der Waals surface area contributed by atoms with Crippen LogP contribution in [0.15, 0.2) is 43.0 Å². The van der Waals surface area contributed by atoms with Crippen molar-refractivity contribution < 1.29 is 27.8 Å². The summed E-state index contributed by atoms with van der Waals surface area (Å²) >= 11 is 0. The van der Waals surface area contributed by atoms with E-state index in [1.54, 1.807) is 18.6 Å².